The van der Waals surface area contributed by atoms with Crippen LogP contribution in [0.4, 0.5) is 0 Å². The van der Waals surface area contributed by atoms with Gasteiger partial charge in [0.25, 0.3) is 5.56 Å². The number of carbonyl (C=O) groups is 1. The molecule has 0 saturated carbocycles. The van der Waals surface area contributed by atoms with Gasteiger partial charge >= 0.3 is 5.97 Å². The van der Waals surface area contributed by atoms with Crippen molar-refractivity contribution < 1.29 is 14.3 Å². The molecule has 0 bridgehead atoms. The number of thiophene rings is 1. The summed E-state index contributed by atoms with van der Waals surface area (Å²) >= 11 is 1.60. The van der Waals surface area contributed by atoms with Crippen molar-refractivity contribution in [2.75, 3.05) is 19.8 Å². The van der Waals surface area contributed by atoms with E-state index in [2.05, 4.69) is 4.98 Å². The van der Waals surface area contributed by atoms with Crippen LogP contribution < -0.4 is 5.56 Å². The topological polar surface area (TPSA) is 70.4 Å². The van der Waals surface area contributed by atoms with Gasteiger partial charge in [0.05, 0.1) is 18.3 Å². The second-order valence-electron chi connectivity index (χ2n) is 5.89. The van der Waals surface area contributed by atoms with Crippen LogP contribution in [0.25, 0.3) is 10.2 Å². The van der Waals surface area contributed by atoms with E-state index in [9.17, 15) is 9.59 Å². The molecule has 0 fully saturated rings. The standard InChI is InChI=1S/C17H22N2O4S/c1-3-22-8-9-23-17(21)11(2)19-10-18-15-14(16(19)20)12-6-4-5-7-13(12)24-15/h10-11H,3-9H2,1-2H3. The van der Waals surface area contributed by atoms with Crippen molar-refractivity contribution >= 4 is 27.5 Å². The molecule has 0 aliphatic heterocycles. The summed E-state index contributed by atoms with van der Waals surface area (Å²) in [6.45, 7) is 4.67. The van der Waals surface area contributed by atoms with Crippen LogP contribution in [0.15, 0.2) is 11.1 Å². The number of aryl methyl sites for hydroxylation is 2. The van der Waals surface area contributed by atoms with E-state index in [1.165, 1.54) is 15.8 Å². The molecule has 7 heteroatoms. The molecule has 3 rings (SSSR count). The number of esters is 1. The Kier molecular flexibility index (Phi) is 5.30. The fraction of sp³-hybridized carbons (Fsp3) is 0.588. The van der Waals surface area contributed by atoms with Crippen LogP contribution in [-0.2, 0) is 27.1 Å². The van der Waals surface area contributed by atoms with E-state index in [1.807, 2.05) is 6.92 Å². The van der Waals surface area contributed by atoms with Crippen molar-refractivity contribution in [3.63, 3.8) is 0 Å². The van der Waals surface area contributed by atoms with Crippen LogP contribution in [0.2, 0.25) is 0 Å². The summed E-state index contributed by atoms with van der Waals surface area (Å²) in [4.78, 5) is 31.5. The Hall–Kier alpha value is -1.73. The summed E-state index contributed by atoms with van der Waals surface area (Å²) in [5.74, 6) is -0.443. The summed E-state index contributed by atoms with van der Waals surface area (Å²) < 4.78 is 11.7. The van der Waals surface area contributed by atoms with Crippen molar-refractivity contribution in [1.29, 1.82) is 0 Å². The lowest BCUT2D eigenvalue weighted by Crippen LogP contribution is -2.30. The zero-order valence-corrected chi connectivity index (χ0v) is 14.9. The predicted octanol–water partition coefficient (Wildman–Crippen LogP) is 2.48. The van der Waals surface area contributed by atoms with Crippen LogP contribution in [0, 0.1) is 0 Å². The second kappa shape index (κ2) is 7.44. The molecule has 2 aromatic rings. The van der Waals surface area contributed by atoms with Crippen LogP contribution in [0.5, 0.6) is 0 Å². The highest BCUT2D eigenvalue weighted by molar-refractivity contribution is 7.18. The monoisotopic (exact) mass is 350 g/mol. The van der Waals surface area contributed by atoms with Gasteiger partial charge in [-0.15, -0.1) is 11.3 Å². The quantitative estimate of drug-likeness (QED) is 0.591. The van der Waals surface area contributed by atoms with Gasteiger partial charge in [0.2, 0.25) is 0 Å². The van der Waals surface area contributed by atoms with E-state index in [1.54, 1.807) is 18.3 Å². The van der Waals surface area contributed by atoms with Gasteiger partial charge in [-0.3, -0.25) is 9.36 Å². The van der Waals surface area contributed by atoms with Gasteiger partial charge in [-0.05, 0) is 45.1 Å². The molecule has 0 radical (unpaired) electrons. The fourth-order valence-corrected chi connectivity index (χ4v) is 4.23. The first kappa shape index (κ1) is 17.1. The molecule has 24 heavy (non-hydrogen) atoms. The smallest absolute Gasteiger partial charge is 0.329 e. The van der Waals surface area contributed by atoms with Gasteiger partial charge in [0.15, 0.2) is 0 Å². The summed E-state index contributed by atoms with van der Waals surface area (Å²) in [5, 5.41) is 0.686. The summed E-state index contributed by atoms with van der Waals surface area (Å²) in [6.07, 6.45) is 5.66. The maximum absolute atomic E-state index is 12.9. The third-order valence-electron chi connectivity index (χ3n) is 4.33. The molecule has 0 spiro atoms. The highest BCUT2D eigenvalue weighted by Gasteiger charge is 2.23. The molecule has 2 heterocycles. The normalized spacial score (nSPS) is 15.2. The van der Waals surface area contributed by atoms with Crippen molar-refractivity contribution in [3.05, 3.63) is 27.1 Å². The highest BCUT2D eigenvalue weighted by Crippen LogP contribution is 2.33. The van der Waals surface area contributed by atoms with Crippen molar-refractivity contribution in [3.8, 4) is 0 Å². The lowest BCUT2D eigenvalue weighted by atomic mass is 9.97. The molecule has 1 unspecified atom stereocenters. The molecule has 0 amide bonds. The minimum atomic E-state index is -0.699. The van der Waals surface area contributed by atoms with E-state index in [0.717, 1.165) is 36.1 Å². The molecule has 2 aromatic heterocycles. The number of fused-ring (bicyclic) bond motifs is 3. The Morgan fingerprint density at radius 1 is 1.38 bits per heavy atom. The third kappa shape index (κ3) is 3.23. The number of aromatic nitrogens is 2. The molecule has 6 nitrogen and oxygen atoms in total. The average Bonchev–Trinajstić information content (AvgIpc) is 2.97. The first-order valence-corrected chi connectivity index (χ1v) is 9.21. The molecule has 0 aromatic carbocycles. The largest absolute Gasteiger partial charge is 0.462 e. The van der Waals surface area contributed by atoms with Crippen molar-refractivity contribution in [2.45, 2.75) is 45.6 Å². The zero-order valence-electron chi connectivity index (χ0n) is 14.0. The van der Waals surface area contributed by atoms with E-state index in [0.29, 0.717) is 18.6 Å². The first-order chi connectivity index (χ1) is 11.6. The second-order valence-corrected chi connectivity index (χ2v) is 6.97. The highest BCUT2D eigenvalue weighted by atomic mass is 32.1. The molecule has 1 atom stereocenters. The van der Waals surface area contributed by atoms with Crippen LogP contribution in [0.3, 0.4) is 0 Å². The summed E-state index contributed by atoms with van der Waals surface area (Å²) in [7, 11) is 0. The van der Waals surface area contributed by atoms with E-state index in [-0.39, 0.29) is 12.2 Å². The maximum atomic E-state index is 12.9. The summed E-state index contributed by atoms with van der Waals surface area (Å²) in [5.41, 5.74) is 0.985. The zero-order chi connectivity index (χ0) is 17.1. The third-order valence-corrected chi connectivity index (χ3v) is 5.53. The van der Waals surface area contributed by atoms with E-state index < -0.39 is 12.0 Å². The van der Waals surface area contributed by atoms with Crippen LogP contribution in [0.1, 0.15) is 43.2 Å². The Morgan fingerprint density at radius 2 is 2.17 bits per heavy atom. The van der Waals surface area contributed by atoms with Gasteiger partial charge < -0.3 is 9.47 Å². The Morgan fingerprint density at radius 3 is 2.96 bits per heavy atom. The minimum Gasteiger partial charge on any atom is -0.462 e. The number of rotatable bonds is 6. The van der Waals surface area contributed by atoms with Gasteiger partial charge in [-0.1, -0.05) is 0 Å². The molecular weight excluding hydrogens is 328 g/mol. The molecule has 0 N–H and O–H groups in total. The van der Waals surface area contributed by atoms with Crippen LogP contribution >= 0.6 is 11.3 Å². The number of ether oxygens (including phenoxy) is 2. The minimum absolute atomic E-state index is 0.145. The molecule has 1 aliphatic carbocycles. The Labute approximate surface area is 144 Å². The van der Waals surface area contributed by atoms with Gasteiger partial charge in [-0.25, -0.2) is 9.78 Å². The predicted molar refractivity (Wildman–Crippen MR) is 92.7 cm³/mol. The Bertz CT molecular complexity index is 796. The number of hydrogen-bond donors (Lipinski definition) is 0. The van der Waals surface area contributed by atoms with Gasteiger partial charge in [0.1, 0.15) is 17.5 Å². The average molecular weight is 350 g/mol. The lowest BCUT2D eigenvalue weighted by molar-refractivity contribution is -0.148. The fourth-order valence-electron chi connectivity index (χ4n) is 3.01. The maximum Gasteiger partial charge on any atom is 0.329 e. The Balaban J connectivity index is 1.85. The summed E-state index contributed by atoms with van der Waals surface area (Å²) in [6, 6.07) is -0.699. The molecule has 0 saturated heterocycles. The lowest BCUT2D eigenvalue weighted by Gasteiger charge is -2.15. The number of carbonyl (C=O) groups excluding carboxylic acids is 1. The van der Waals surface area contributed by atoms with E-state index in [4.69, 9.17) is 9.47 Å². The SMILES string of the molecule is CCOCCOC(=O)C(C)n1cnc2sc3c(c2c1=O)CCCC3. The molecule has 1 aliphatic rings. The van der Waals surface area contributed by atoms with E-state index >= 15 is 0 Å². The van der Waals surface area contributed by atoms with Gasteiger partial charge in [0, 0.05) is 11.5 Å². The molecular formula is C17H22N2O4S. The van der Waals surface area contributed by atoms with Crippen molar-refractivity contribution in [2.24, 2.45) is 0 Å². The number of hydrogen-bond acceptors (Lipinski definition) is 6. The van der Waals surface area contributed by atoms with Crippen LogP contribution in [-0.4, -0.2) is 35.3 Å². The number of nitrogens with zero attached hydrogens (tertiary/aromatic N) is 2. The van der Waals surface area contributed by atoms with Gasteiger partial charge in [-0.2, -0.15) is 0 Å². The molecule has 130 valence electrons. The first-order valence-electron chi connectivity index (χ1n) is 8.39. The van der Waals surface area contributed by atoms with Crippen molar-refractivity contribution in [1.82, 2.24) is 9.55 Å².